The minimum atomic E-state index is -4.26. The monoisotopic (exact) mass is 452 g/mol. The molecule has 32 heavy (non-hydrogen) atoms. The molecule has 0 spiro atoms. The number of benzene rings is 1. The van der Waals surface area contributed by atoms with Crippen LogP contribution in [0.15, 0.2) is 54.1 Å². The zero-order valence-corrected chi connectivity index (χ0v) is 19.1. The molecule has 0 aliphatic rings. The summed E-state index contributed by atoms with van der Waals surface area (Å²) in [6.07, 6.45) is 0. The highest BCUT2D eigenvalue weighted by atomic mass is 32.2. The molecule has 2 heterocycles. The van der Waals surface area contributed by atoms with Crippen molar-refractivity contribution >= 4 is 27.3 Å². The lowest BCUT2D eigenvalue weighted by molar-refractivity contribution is 0.0978. The van der Waals surface area contributed by atoms with E-state index in [-0.39, 0.29) is 22.3 Å². The number of hydrogen-bond donors (Lipinski definition) is 2. The van der Waals surface area contributed by atoms with E-state index in [0.717, 1.165) is 16.7 Å². The number of rotatable bonds is 6. The van der Waals surface area contributed by atoms with Gasteiger partial charge in [0.05, 0.1) is 5.69 Å². The number of nitrogens with one attached hydrogen (secondary N) is 1. The van der Waals surface area contributed by atoms with Crippen molar-refractivity contribution in [2.45, 2.75) is 32.7 Å². The second kappa shape index (κ2) is 8.80. The predicted octanol–water partition coefficient (Wildman–Crippen LogP) is 3.93. The second-order valence-corrected chi connectivity index (χ2v) is 9.12. The molecule has 2 aromatic heterocycles. The van der Waals surface area contributed by atoms with Crippen molar-refractivity contribution in [2.75, 3.05) is 5.73 Å². The van der Waals surface area contributed by atoms with E-state index in [1.807, 2.05) is 37.6 Å². The molecule has 166 valence electrons. The van der Waals surface area contributed by atoms with Gasteiger partial charge in [-0.05, 0) is 68.7 Å². The number of nitrogens with two attached hydrogens (primary N) is 1. The van der Waals surface area contributed by atoms with Gasteiger partial charge >= 0.3 is 0 Å². The number of pyridine rings is 2. The van der Waals surface area contributed by atoms with Gasteiger partial charge in [-0.2, -0.15) is 8.42 Å². The van der Waals surface area contributed by atoms with Gasteiger partial charge in [-0.25, -0.2) is 14.7 Å². The van der Waals surface area contributed by atoms with Crippen LogP contribution < -0.4 is 15.2 Å². The summed E-state index contributed by atoms with van der Waals surface area (Å²) in [5.41, 5.74) is 9.46. The van der Waals surface area contributed by atoms with E-state index < -0.39 is 15.9 Å². The first-order chi connectivity index (χ1) is 15.0. The van der Waals surface area contributed by atoms with Crippen LogP contribution in [0, 0.1) is 20.8 Å². The van der Waals surface area contributed by atoms with Crippen LogP contribution in [0.3, 0.4) is 0 Å². The first-order valence-electron chi connectivity index (χ1n) is 9.70. The van der Waals surface area contributed by atoms with Gasteiger partial charge in [0.1, 0.15) is 17.1 Å². The van der Waals surface area contributed by atoms with Crippen molar-refractivity contribution in [1.82, 2.24) is 14.7 Å². The number of aryl methyl sites for hydroxylation is 3. The summed E-state index contributed by atoms with van der Waals surface area (Å²) >= 11 is 0. The van der Waals surface area contributed by atoms with Gasteiger partial charge in [0.2, 0.25) is 5.88 Å². The van der Waals surface area contributed by atoms with Gasteiger partial charge in [-0.3, -0.25) is 4.79 Å². The quantitative estimate of drug-likeness (QED) is 0.581. The average Bonchev–Trinajstić information content (AvgIpc) is 2.70. The van der Waals surface area contributed by atoms with Crippen molar-refractivity contribution in [3.05, 3.63) is 77.0 Å². The van der Waals surface area contributed by atoms with Crippen molar-refractivity contribution < 1.29 is 17.9 Å². The molecule has 1 amide bonds. The van der Waals surface area contributed by atoms with E-state index in [2.05, 4.69) is 16.5 Å². The van der Waals surface area contributed by atoms with Crippen LogP contribution >= 0.6 is 0 Å². The van der Waals surface area contributed by atoms with Crippen molar-refractivity contribution in [2.24, 2.45) is 0 Å². The standard InChI is InChI=1S/C23H24N4O4S/c1-13(2)18-10-9-17(22(28)27-32(29,30)20-8-6-7-19(24)26-20)23(25-18)31-21-15(4)11-14(3)12-16(21)5/h6-12H,1H2,2-5H3,(H2,24,26)(H,27,28). The Morgan fingerprint density at radius 3 is 2.31 bits per heavy atom. The molecular weight excluding hydrogens is 428 g/mol. The molecule has 0 radical (unpaired) electrons. The van der Waals surface area contributed by atoms with Crippen LogP contribution in [-0.4, -0.2) is 24.3 Å². The van der Waals surface area contributed by atoms with E-state index in [4.69, 9.17) is 10.5 Å². The van der Waals surface area contributed by atoms with Gasteiger partial charge in [-0.15, -0.1) is 0 Å². The van der Waals surface area contributed by atoms with E-state index in [1.165, 1.54) is 24.3 Å². The number of anilines is 1. The topological polar surface area (TPSA) is 124 Å². The summed E-state index contributed by atoms with van der Waals surface area (Å²) in [6.45, 7) is 11.4. The van der Waals surface area contributed by atoms with Crippen molar-refractivity contribution in [3.63, 3.8) is 0 Å². The van der Waals surface area contributed by atoms with E-state index >= 15 is 0 Å². The minimum Gasteiger partial charge on any atom is -0.438 e. The van der Waals surface area contributed by atoms with E-state index in [0.29, 0.717) is 17.0 Å². The minimum absolute atomic E-state index is 0.0159. The van der Waals surface area contributed by atoms with Crippen molar-refractivity contribution in [1.29, 1.82) is 0 Å². The third-order valence-corrected chi connectivity index (χ3v) is 5.83. The summed E-state index contributed by atoms with van der Waals surface area (Å²) in [6, 6.07) is 11.0. The molecule has 0 unspecified atom stereocenters. The van der Waals surface area contributed by atoms with Crippen LogP contribution in [0.5, 0.6) is 11.6 Å². The molecule has 0 fully saturated rings. The highest BCUT2D eigenvalue weighted by Gasteiger charge is 2.24. The Labute approximate surface area is 187 Å². The van der Waals surface area contributed by atoms with E-state index in [1.54, 1.807) is 13.0 Å². The molecule has 0 saturated carbocycles. The molecule has 0 bridgehead atoms. The van der Waals surface area contributed by atoms with Crippen LogP contribution in [0.1, 0.15) is 39.7 Å². The van der Waals surface area contributed by atoms with Gasteiger partial charge in [0, 0.05) is 0 Å². The molecule has 0 atom stereocenters. The number of nitrogens with zero attached hydrogens (tertiary/aromatic N) is 2. The lowest BCUT2D eigenvalue weighted by Crippen LogP contribution is -2.31. The molecule has 0 aliphatic heterocycles. The van der Waals surface area contributed by atoms with Crippen LogP contribution in [0.25, 0.3) is 5.57 Å². The molecule has 9 heteroatoms. The Morgan fingerprint density at radius 1 is 1.06 bits per heavy atom. The Hall–Kier alpha value is -3.72. The molecule has 3 N–H and O–H groups in total. The Bertz CT molecular complexity index is 1310. The first kappa shape index (κ1) is 23.0. The normalized spacial score (nSPS) is 11.1. The summed E-state index contributed by atoms with van der Waals surface area (Å²) in [7, 11) is -4.26. The first-order valence-corrected chi connectivity index (χ1v) is 11.2. The highest BCUT2D eigenvalue weighted by molar-refractivity contribution is 7.90. The third-order valence-electron chi connectivity index (χ3n) is 4.59. The maximum Gasteiger partial charge on any atom is 0.281 e. The largest absolute Gasteiger partial charge is 0.438 e. The summed E-state index contributed by atoms with van der Waals surface area (Å²) in [5, 5.41) is -0.370. The van der Waals surface area contributed by atoms with Crippen molar-refractivity contribution in [3.8, 4) is 11.6 Å². The lowest BCUT2D eigenvalue weighted by atomic mass is 10.1. The molecule has 0 aliphatic carbocycles. The third kappa shape index (κ3) is 4.94. The number of ether oxygens (including phenoxy) is 1. The fraction of sp³-hybridized carbons (Fsp3) is 0.174. The van der Waals surface area contributed by atoms with Gasteiger partial charge in [0.25, 0.3) is 15.9 Å². The highest BCUT2D eigenvalue weighted by Crippen LogP contribution is 2.31. The lowest BCUT2D eigenvalue weighted by Gasteiger charge is -2.16. The Balaban J connectivity index is 2.03. The average molecular weight is 453 g/mol. The fourth-order valence-corrected chi connectivity index (χ4v) is 4.10. The maximum atomic E-state index is 12.9. The molecule has 0 saturated heterocycles. The number of sulfonamides is 1. The van der Waals surface area contributed by atoms with E-state index in [9.17, 15) is 13.2 Å². The Morgan fingerprint density at radius 2 is 1.72 bits per heavy atom. The predicted molar refractivity (Wildman–Crippen MR) is 123 cm³/mol. The molecule has 1 aromatic carbocycles. The molecule has 8 nitrogen and oxygen atoms in total. The number of nitrogen functional groups attached to an aromatic ring is 1. The Kier molecular flexibility index (Phi) is 6.31. The molecule has 3 rings (SSSR count). The zero-order chi connectivity index (χ0) is 23.6. The van der Waals surface area contributed by atoms with Crippen LogP contribution in [0.4, 0.5) is 5.82 Å². The molecular formula is C23H24N4O4S. The number of carbonyl (C=O) groups is 1. The van der Waals surface area contributed by atoms with Gasteiger partial charge < -0.3 is 10.5 Å². The van der Waals surface area contributed by atoms with Gasteiger partial charge in [-0.1, -0.05) is 30.3 Å². The summed E-state index contributed by atoms with van der Waals surface area (Å²) in [4.78, 5) is 21.1. The second-order valence-electron chi connectivity index (χ2n) is 7.49. The van der Waals surface area contributed by atoms with Crippen LogP contribution in [0.2, 0.25) is 0 Å². The number of allylic oxidation sites excluding steroid dienone is 1. The zero-order valence-electron chi connectivity index (χ0n) is 18.3. The number of carbonyl (C=O) groups excluding carboxylic acids is 1. The summed E-state index contributed by atoms with van der Waals surface area (Å²) < 4.78 is 33.3. The smallest absolute Gasteiger partial charge is 0.281 e. The SMILES string of the molecule is C=C(C)c1ccc(C(=O)NS(=O)(=O)c2cccc(N)n2)c(Oc2c(C)cc(C)cc2C)n1. The fourth-order valence-electron chi connectivity index (χ4n) is 3.16. The van der Waals surface area contributed by atoms with Crippen LogP contribution in [-0.2, 0) is 10.0 Å². The number of amides is 1. The number of aromatic nitrogens is 2. The maximum absolute atomic E-state index is 12.9. The number of hydrogen-bond acceptors (Lipinski definition) is 7. The summed E-state index contributed by atoms with van der Waals surface area (Å²) in [5.74, 6) is -0.389. The van der Waals surface area contributed by atoms with Gasteiger partial charge in [0.15, 0.2) is 5.03 Å². The molecule has 3 aromatic rings.